The van der Waals surface area contributed by atoms with Gasteiger partial charge in [-0.05, 0) is 48.9 Å². The van der Waals surface area contributed by atoms with Crippen molar-refractivity contribution in [3.8, 4) is 16.9 Å². The van der Waals surface area contributed by atoms with E-state index in [1.54, 1.807) is 24.3 Å². The van der Waals surface area contributed by atoms with E-state index in [4.69, 9.17) is 10.5 Å². The van der Waals surface area contributed by atoms with Crippen LogP contribution in [0.1, 0.15) is 5.69 Å². The molecule has 2 rings (SSSR count). The zero-order valence-electron chi connectivity index (χ0n) is 12.0. The fraction of sp³-hybridized carbons (Fsp3) is 0.0556. The van der Waals surface area contributed by atoms with E-state index in [1.165, 1.54) is 0 Å². The number of aromatic nitrogens is 1. The smallest absolute Gasteiger partial charge is 0.127 e. The van der Waals surface area contributed by atoms with Crippen LogP contribution in [0.5, 0.6) is 5.75 Å². The number of aryl methyl sites for hydroxylation is 1. The maximum atomic E-state index is 5.68. The van der Waals surface area contributed by atoms with E-state index >= 15 is 0 Å². The first-order valence-electron chi connectivity index (χ1n) is 6.60. The molecule has 0 radical (unpaired) electrons. The maximum absolute atomic E-state index is 5.68. The van der Waals surface area contributed by atoms with Crippen LogP contribution in [0.2, 0.25) is 0 Å². The summed E-state index contributed by atoms with van der Waals surface area (Å²) >= 11 is 0. The Labute approximate surface area is 125 Å². The molecule has 3 nitrogen and oxygen atoms in total. The molecule has 0 saturated heterocycles. The van der Waals surface area contributed by atoms with Gasteiger partial charge >= 0.3 is 0 Å². The molecule has 2 aromatic rings. The van der Waals surface area contributed by atoms with Crippen molar-refractivity contribution in [2.24, 2.45) is 0 Å². The number of nitrogens with two attached hydrogens (primary N) is 1. The van der Waals surface area contributed by atoms with Crippen molar-refractivity contribution in [2.75, 3.05) is 5.73 Å². The molecule has 3 heteroatoms. The average molecular weight is 278 g/mol. The Bertz CT molecular complexity index is 685. The third kappa shape index (κ3) is 3.60. The van der Waals surface area contributed by atoms with Crippen molar-refractivity contribution >= 4 is 5.82 Å². The van der Waals surface area contributed by atoms with E-state index in [2.05, 4.69) is 18.1 Å². The molecular weight excluding hydrogens is 260 g/mol. The van der Waals surface area contributed by atoms with Crippen LogP contribution >= 0.6 is 0 Å². The van der Waals surface area contributed by atoms with Crippen LogP contribution in [0.4, 0.5) is 5.82 Å². The van der Waals surface area contributed by atoms with E-state index in [9.17, 15) is 0 Å². The van der Waals surface area contributed by atoms with Crippen LogP contribution in [-0.2, 0) is 0 Å². The molecule has 2 N–H and O–H groups in total. The van der Waals surface area contributed by atoms with E-state index < -0.39 is 0 Å². The van der Waals surface area contributed by atoms with Gasteiger partial charge in [-0.25, -0.2) is 4.98 Å². The zero-order valence-corrected chi connectivity index (χ0v) is 12.0. The Balaban J connectivity index is 2.24. The molecule has 1 aromatic heterocycles. The monoisotopic (exact) mass is 278 g/mol. The van der Waals surface area contributed by atoms with E-state index in [1.807, 2.05) is 37.3 Å². The number of nitrogens with zero attached hydrogens (tertiary/aromatic N) is 1. The first kappa shape index (κ1) is 14.6. The summed E-state index contributed by atoms with van der Waals surface area (Å²) < 4.78 is 5.68. The summed E-state index contributed by atoms with van der Waals surface area (Å²) in [5, 5.41) is 0. The molecule has 0 atom stereocenters. The summed E-state index contributed by atoms with van der Waals surface area (Å²) in [6.45, 7) is 9.28. The van der Waals surface area contributed by atoms with Crippen LogP contribution < -0.4 is 10.5 Å². The molecule has 21 heavy (non-hydrogen) atoms. The third-order valence-electron chi connectivity index (χ3n) is 2.99. The van der Waals surface area contributed by atoms with Gasteiger partial charge in [0.15, 0.2) is 0 Å². The standard InChI is InChI=1S/C18H18N2O/c1-4-6-15(5-2)21-16-9-7-14(8-10-16)17-11-12-18(19)20-13(17)3/h4-12H,1-2H2,3H3,(H2,19,20)/b15-6+. The number of hydrogen-bond acceptors (Lipinski definition) is 3. The van der Waals surface area contributed by atoms with Crippen molar-refractivity contribution in [1.82, 2.24) is 4.98 Å². The lowest BCUT2D eigenvalue weighted by Crippen LogP contribution is -1.94. The minimum atomic E-state index is 0.529. The summed E-state index contributed by atoms with van der Waals surface area (Å²) in [6.07, 6.45) is 5.06. The van der Waals surface area contributed by atoms with Gasteiger partial charge < -0.3 is 10.5 Å². The second-order valence-electron chi connectivity index (χ2n) is 4.50. The number of rotatable bonds is 5. The second-order valence-corrected chi connectivity index (χ2v) is 4.50. The normalized spacial score (nSPS) is 11.0. The van der Waals surface area contributed by atoms with E-state index in [-0.39, 0.29) is 0 Å². The molecule has 0 aliphatic heterocycles. The minimum absolute atomic E-state index is 0.529. The fourth-order valence-electron chi connectivity index (χ4n) is 1.98. The summed E-state index contributed by atoms with van der Waals surface area (Å²) in [5.74, 6) is 1.93. The lowest BCUT2D eigenvalue weighted by molar-refractivity contribution is 0.445. The Hall–Kier alpha value is -2.81. The highest BCUT2D eigenvalue weighted by Crippen LogP contribution is 2.26. The highest BCUT2D eigenvalue weighted by molar-refractivity contribution is 5.67. The molecule has 0 spiro atoms. The summed E-state index contributed by atoms with van der Waals surface area (Å²) in [7, 11) is 0. The molecule has 1 aromatic carbocycles. The number of hydrogen-bond donors (Lipinski definition) is 1. The maximum Gasteiger partial charge on any atom is 0.127 e. The van der Waals surface area contributed by atoms with Crippen molar-refractivity contribution in [3.63, 3.8) is 0 Å². The molecule has 0 unspecified atom stereocenters. The Morgan fingerprint density at radius 2 is 1.86 bits per heavy atom. The van der Waals surface area contributed by atoms with Crippen molar-refractivity contribution in [1.29, 1.82) is 0 Å². The van der Waals surface area contributed by atoms with Gasteiger partial charge in [0.1, 0.15) is 17.3 Å². The van der Waals surface area contributed by atoms with Gasteiger partial charge in [-0.1, -0.05) is 31.4 Å². The molecule has 0 amide bonds. The van der Waals surface area contributed by atoms with Gasteiger partial charge in [0.05, 0.1) is 0 Å². The van der Waals surface area contributed by atoms with Gasteiger partial charge in [0, 0.05) is 11.3 Å². The van der Waals surface area contributed by atoms with Gasteiger partial charge in [-0.3, -0.25) is 0 Å². The number of nitrogen functional groups attached to an aromatic ring is 1. The van der Waals surface area contributed by atoms with Gasteiger partial charge in [-0.15, -0.1) is 0 Å². The molecule has 0 fully saturated rings. The molecule has 0 aliphatic carbocycles. The molecule has 0 bridgehead atoms. The highest BCUT2D eigenvalue weighted by atomic mass is 16.5. The molecule has 1 heterocycles. The van der Waals surface area contributed by atoms with E-state index in [0.717, 1.165) is 22.6 Å². The predicted octanol–water partition coefficient (Wildman–Crippen LogP) is 4.27. The Morgan fingerprint density at radius 1 is 1.14 bits per heavy atom. The average Bonchev–Trinajstić information content (AvgIpc) is 2.48. The Morgan fingerprint density at radius 3 is 2.43 bits per heavy atom. The molecule has 0 saturated carbocycles. The molecule has 0 aliphatic rings. The number of pyridine rings is 1. The minimum Gasteiger partial charge on any atom is -0.457 e. The fourth-order valence-corrected chi connectivity index (χ4v) is 1.98. The number of benzene rings is 1. The van der Waals surface area contributed by atoms with E-state index in [0.29, 0.717) is 11.6 Å². The van der Waals surface area contributed by atoms with Crippen LogP contribution in [-0.4, -0.2) is 4.98 Å². The van der Waals surface area contributed by atoms with Crippen LogP contribution in [0.15, 0.2) is 73.5 Å². The number of ether oxygens (including phenoxy) is 1. The molecular formula is C18H18N2O. The number of allylic oxidation sites excluding steroid dienone is 3. The van der Waals surface area contributed by atoms with Crippen molar-refractivity contribution < 1.29 is 4.74 Å². The highest BCUT2D eigenvalue weighted by Gasteiger charge is 2.04. The Kier molecular flexibility index (Phi) is 4.57. The molecule has 106 valence electrons. The lowest BCUT2D eigenvalue weighted by Gasteiger charge is -2.09. The largest absolute Gasteiger partial charge is 0.457 e. The topological polar surface area (TPSA) is 48.1 Å². The second kappa shape index (κ2) is 6.57. The summed E-state index contributed by atoms with van der Waals surface area (Å²) in [6, 6.07) is 11.6. The van der Waals surface area contributed by atoms with Gasteiger partial charge in [0.2, 0.25) is 0 Å². The third-order valence-corrected chi connectivity index (χ3v) is 2.99. The predicted molar refractivity (Wildman–Crippen MR) is 87.9 cm³/mol. The van der Waals surface area contributed by atoms with Crippen LogP contribution in [0.3, 0.4) is 0 Å². The first-order valence-corrected chi connectivity index (χ1v) is 6.60. The van der Waals surface area contributed by atoms with Crippen molar-refractivity contribution in [2.45, 2.75) is 6.92 Å². The van der Waals surface area contributed by atoms with Crippen molar-refractivity contribution in [3.05, 3.63) is 79.2 Å². The van der Waals surface area contributed by atoms with Gasteiger partial charge in [-0.2, -0.15) is 0 Å². The number of anilines is 1. The summed E-state index contributed by atoms with van der Waals surface area (Å²) in [4.78, 5) is 4.27. The van der Waals surface area contributed by atoms with Gasteiger partial charge in [0.25, 0.3) is 0 Å². The quantitative estimate of drug-likeness (QED) is 0.656. The zero-order chi connectivity index (χ0) is 15.2. The first-order chi connectivity index (χ1) is 10.1. The summed E-state index contributed by atoms with van der Waals surface area (Å²) in [5.41, 5.74) is 8.70. The van der Waals surface area contributed by atoms with Crippen LogP contribution in [0.25, 0.3) is 11.1 Å². The van der Waals surface area contributed by atoms with Crippen LogP contribution in [0, 0.1) is 6.92 Å². The SMILES string of the molecule is C=C/C=C(\C=C)Oc1ccc(-c2ccc(N)nc2C)cc1. The lowest BCUT2D eigenvalue weighted by atomic mass is 10.0.